The molecule has 1 saturated heterocycles. The number of phenols is 1. The molecule has 0 radical (unpaired) electrons. The highest BCUT2D eigenvalue weighted by atomic mass is 16.5. The third-order valence-corrected chi connectivity index (χ3v) is 4.05. The van der Waals surface area contributed by atoms with Gasteiger partial charge in [-0.05, 0) is 32.9 Å². The van der Waals surface area contributed by atoms with E-state index in [9.17, 15) is 5.11 Å². The number of phenolic OH excluding ortho intramolecular Hbond substituents is 1. The Kier molecular flexibility index (Phi) is 4.66. The number of benzene rings is 1. The van der Waals surface area contributed by atoms with Crippen molar-refractivity contribution in [3.05, 3.63) is 23.8 Å². The van der Waals surface area contributed by atoms with Gasteiger partial charge in [0.15, 0.2) is 0 Å². The number of ether oxygens (including phenoxy) is 1. The lowest BCUT2D eigenvalue weighted by Crippen LogP contribution is -2.36. The predicted molar refractivity (Wildman–Crippen MR) is 77.8 cm³/mol. The highest BCUT2D eigenvalue weighted by Gasteiger charge is 2.20. The molecular weight excluding hydrogens is 240 g/mol. The van der Waals surface area contributed by atoms with Crippen LogP contribution in [0, 0.1) is 0 Å². The fourth-order valence-corrected chi connectivity index (χ4v) is 2.60. The number of methoxy groups -OCH3 is 1. The highest BCUT2D eigenvalue weighted by Crippen LogP contribution is 2.30. The summed E-state index contributed by atoms with van der Waals surface area (Å²) in [5.74, 6) is 0.369. The zero-order chi connectivity index (χ0) is 13.8. The molecule has 0 amide bonds. The number of nitrogens with one attached hydrogen (secondary N) is 1. The van der Waals surface area contributed by atoms with Crippen molar-refractivity contribution in [2.45, 2.75) is 31.9 Å². The first-order valence-corrected chi connectivity index (χ1v) is 6.93. The molecule has 0 saturated carbocycles. The van der Waals surface area contributed by atoms with Gasteiger partial charge >= 0.3 is 0 Å². The summed E-state index contributed by atoms with van der Waals surface area (Å²) in [4.78, 5) is 2.31. The quantitative estimate of drug-likeness (QED) is 0.876. The van der Waals surface area contributed by atoms with E-state index in [1.165, 1.54) is 0 Å². The Balaban J connectivity index is 2.08. The van der Waals surface area contributed by atoms with Gasteiger partial charge in [-0.2, -0.15) is 0 Å². The van der Waals surface area contributed by atoms with Crippen LogP contribution < -0.4 is 10.2 Å². The van der Waals surface area contributed by atoms with E-state index in [4.69, 9.17) is 4.74 Å². The lowest BCUT2D eigenvalue weighted by Gasteiger charge is -2.33. The van der Waals surface area contributed by atoms with Crippen LogP contribution in [0.15, 0.2) is 18.2 Å². The zero-order valence-corrected chi connectivity index (χ0v) is 12.0. The molecule has 4 heteroatoms. The van der Waals surface area contributed by atoms with Gasteiger partial charge in [-0.25, -0.2) is 0 Å². The topological polar surface area (TPSA) is 44.7 Å². The second-order valence-electron chi connectivity index (χ2n) is 5.18. The number of aromatic hydroxyl groups is 1. The van der Waals surface area contributed by atoms with Gasteiger partial charge in [-0.1, -0.05) is 6.07 Å². The summed E-state index contributed by atoms with van der Waals surface area (Å²) in [6.45, 7) is 4.01. The first-order valence-electron chi connectivity index (χ1n) is 6.93. The molecule has 4 nitrogen and oxygen atoms in total. The molecule has 1 aliphatic heterocycles. The predicted octanol–water partition coefficient (Wildman–Crippen LogP) is 2.29. The number of piperidine rings is 1. The molecule has 0 bridgehead atoms. The zero-order valence-electron chi connectivity index (χ0n) is 12.0. The van der Waals surface area contributed by atoms with Crippen molar-refractivity contribution >= 4 is 5.69 Å². The van der Waals surface area contributed by atoms with Gasteiger partial charge in [0.05, 0.1) is 6.10 Å². The normalized spacial score (nSPS) is 18.6. The Morgan fingerprint density at radius 2 is 2.05 bits per heavy atom. The van der Waals surface area contributed by atoms with Crippen LogP contribution in [0.2, 0.25) is 0 Å². The lowest BCUT2D eigenvalue weighted by atomic mass is 10.0. The molecular formula is C15H24N2O2. The van der Waals surface area contributed by atoms with Crippen molar-refractivity contribution < 1.29 is 9.84 Å². The maximum absolute atomic E-state index is 10.1. The third kappa shape index (κ3) is 3.19. The van der Waals surface area contributed by atoms with Gasteiger partial charge < -0.3 is 20.1 Å². The van der Waals surface area contributed by atoms with Crippen LogP contribution in [0.3, 0.4) is 0 Å². The van der Waals surface area contributed by atoms with E-state index >= 15 is 0 Å². The minimum Gasteiger partial charge on any atom is -0.508 e. The summed E-state index contributed by atoms with van der Waals surface area (Å²) >= 11 is 0. The summed E-state index contributed by atoms with van der Waals surface area (Å²) in [7, 11) is 3.67. The monoisotopic (exact) mass is 264 g/mol. The average Bonchev–Trinajstić information content (AvgIpc) is 2.46. The molecule has 19 heavy (non-hydrogen) atoms. The van der Waals surface area contributed by atoms with Crippen LogP contribution >= 0.6 is 0 Å². The van der Waals surface area contributed by atoms with Crippen molar-refractivity contribution in [1.82, 2.24) is 5.32 Å². The molecule has 1 unspecified atom stereocenters. The Hall–Kier alpha value is -1.26. The van der Waals surface area contributed by atoms with E-state index < -0.39 is 0 Å². The van der Waals surface area contributed by atoms with Crippen LogP contribution in [-0.2, 0) is 4.74 Å². The van der Waals surface area contributed by atoms with Gasteiger partial charge in [0.2, 0.25) is 0 Å². The molecule has 0 aromatic heterocycles. The third-order valence-electron chi connectivity index (χ3n) is 4.05. The number of hydrogen-bond acceptors (Lipinski definition) is 4. The van der Waals surface area contributed by atoms with E-state index in [0.717, 1.165) is 37.2 Å². The Morgan fingerprint density at radius 3 is 2.58 bits per heavy atom. The van der Waals surface area contributed by atoms with Crippen molar-refractivity contribution in [2.24, 2.45) is 0 Å². The van der Waals surface area contributed by atoms with E-state index in [-0.39, 0.29) is 6.04 Å². The molecule has 1 aromatic carbocycles. The molecule has 2 N–H and O–H groups in total. The Morgan fingerprint density at radius 1 is 1.37 bits per heavy atom. The largest absolute Gasteiger partial charge is 0.508 e. The fraction of sp³-hybridized carbons (Fsp3) is 0.600. The van der Waals surface area contributed by atoms with Gasteiger partial charge in [-0.3, -0.25) is 0 Å². The summed E-state index contributed by atoms with van der Waals surface area (Å²) in [6, 6.07) is 6.13. The molecule has 1 aromatic rings. The van der Waals surface area contributed by atoms with Crippen molar-refractivity contribution in [1.29, 1.82) is 0 Å². The van der Waals surface area contributed by atoms with Crippen LogP contribution in [0.25, 0.3) is 0 Å². The van der Waals surface area contributed by atoms with Gasteiger partial charge in [-0.15, -0.1) is 0 Å². The highest BCUT2D eigenvalue weighted by molar-refractivity contribution is 5.54. The molecule has 1 fully saturated rings. The molecule has 1 atom stereocenters. The summed E-state index contributed by atoms with van der Waals surface area (Å²) in [5.41, 5.74) is 2.04. The molecule has 1 aliphatic rings. The number of anilines is 1. The van der Waals surface area contributed by atoms with E-state index in [2.05, 4.69) is 16.3 Å². The van der Waals surface area contributed by atoms with Crippen molar-refractivity contribution in [3.8, 4) is 5.75 Å². The number of rotatable bonds is 4. The maximum Gasteiger partial charge on any atom is 0.122 e. The first-order chi connectivity index (χ1) is 9.15. The lowest BCUT2D eigenvalue weighted by molar-refractivity contribution is 0.0819. The second kappa shape index (κ2) is 6.26. The summed E-state index contributed by atoms with van der Waals surface area (Å²) < 4.78 is 5.38. The molecule has 0 aliphatic carbocycles. The number of nitrogens with zero attached hydrogens (tertiary/aromatic N) is 1. The summed E-state index contributed by atoms with van der Waals surface area (Å²) in [6.07, 6.45) is 2.48. The van der Waals surface area contributed by atoms with E-state index in [1.807, 2.05) is 26.1 Å². The Labute approximate surface area is 115 Å². The fourth-order valence-electron chi connectivity index (χ4n) is 2.60. The maximum atomic E-state index is 10.1. The van der Waals surface area contributed by atoms with Crippen LogP contribution in [0.5, 0.6) is 5.75 Å². The molecule has 106 valence electrons. The van der Waals surface area contributed by atoms with Crippen LogP contribution in [0.4, 0.5) is 5.69 Å². The average molecular weight is 264 g/mol. The van der Waals surface area contributed by atoms with Crippen molar-refractivity contribution in [3.63, 3.8) is 0 Å². The smallest absolute Gasteiger partial charge is 0.122 e. The molecule has 2 rings (SSSR count). The minimum atomic E-state index is 0.160. The summed E-state index contributed by atoms with van der Waals surface area (Å²) in [5, 5.41) is 13.3. The second-order valence-corrected chi connectivity index (χ2v) is 5.18. The van der Waals surface area contributed by atoms with E-state index in [1.54, 1.807) is 7.11 Å². The van der Waals surface area contributed by atoms with Crippen LogP contribution in [0.1, 0.15) is 31.4 Å². The Bertz CT molecular complexity index is 415. The molecule has 1 heterocycles. The first kappa shape index (κ1) is 14.2. The SMILES string of the molecule is CNC(C)c1ccc(N2CCC(OC)CC2)cc1O. The standard InChI is InChI=1S/C15H24N2O2/c1-11(16-2)14-5-4-12(10-15(14)18)17-8-6-13(19-3)7-9-17/h4-5,10-11,13,16,18H,6-9H2,1-3H3. The molecule has 0 spiro atoms. The van der Waals surface area contributed by atoms with Gasteiger partial charge in [0.1, 0.15) is 5.75 Å². The van der Waals surface area contributed by atoms with E-state index in [0.29, 0.717) is 11.9 Å². The minimum absolute atomic E-state index is 0.160. The van der Waals surface area contributed by atoms with Crippen LogP contribution in [-0.4, -0.2) is 38.5 Å². The van der Waals surface area contributed by atoms with Crippen molar-refractivity contribution in [2.75, 3.05) is 32.1 Å². The van der Waals surface area contributed by atoms with Gasteiger partial charge in [0.25, 0.3) is 0 Å². The number of hydrogen-bond donors (Lipinski definition) is 2. The van der Waals surface area contributed by atoms with Gasteiger partial charge in [0, 0.05) is 43.6 Å².